The third-order valence-electron chi connectivity index (χ3n) is 5.74. The second-order valence-electron chi connectivity index (χ2n) is 7.82. The summed E-state index contributed by atoms with van der Waals surface area (Å²) in [4.78, 5) is 9.14. The number of fused-ring (bicyclic) bond motifs is 1. The van der Waals surface area contributed by atoms with E-state index in [1.165, 1.54) is 31.5 Å². The lowest BCUT2D eigenvalue weighted by Gasteiger charge is -2.21. The molecule has 0 unspecified atom stereocenters. The molecule has 1 aliphatic heterocycles. The largest absolute Gasteiger partial charge is 0.495 e. The summed E-state index contributed by atoms with van der Waals surface area (Å²) in [6, 6.07) is 6.16. The van der Waals surface area contributed by atoms with Gasteiger partial charge in [0.05, 0.1) is 24.8 Å². The molecule has 2 aliphatic rings. The Kier molecular flexibility index (Phi) is 4.26. The molecule has 3 heterocycles. The molecule has 0 radical (unpaired) electrons. The summed E-state index contributed by atoms with van der Waals surface area (Å²) >= 11 is 0. The highest BCUT2D eigenvalue weighted by atomic mass is 16.5. The second-order valence-corrected chi connectivity index (χ2v) is 7.82. The van der Waals surface area contributed by atoms with E-state index >= 15 is 0 Å². The van der Waals surface area contributed by atoms with Crippen molar-refractivity contribution in [3.63, 3.8) is 0 Å². The van der Waals surface area contributed by atoms with Gasteiger partial charge in [-0.15, -0.1) is 0 Å². The lowest BCUT2D eigenvalue weighted by molar-refractivity contribution is 0.389. The number of rotatable bonds is 5. The maximum atomic E-state index is 5.60. The molecule has 6 nitrogen and oxygen atoms in total. The first-order valence-electron chi connectivity index (χ1n) is 10.0. The van der Waals surface area contributed by atoms with E-state index in [4.69, 9.17) is 14.8 Å². The number of ether oxygens (including phenoxy) is 1. The molecule has 0 amide bonds. The van der Waals surface area contributed by atoms with Gasteiger partial charge >= 0.3 is 0 Å². The SMILES string of the molecule is COc1cc(C=Cc2nc3n(n2)CCC[C@@H]3C2CC2)ccc1-n1cnc(C)c1. The van der Waals surface area contributed by atoms with Crippen LogP contribution in [0.3, 0.4) is 0 Å². The van der Waals surface area contributed by atoms with E-state index < -0.39 is 0 Å². The van der Waals surface area contributed by atoms with Crippen LogP contribution in [0.1, 0.15) is 54.5 Å². The monoisotopic (exact) mass is 375 g/mol. The summed E-state index contributed by atoms with van der Waals surface area (Å²) < 4.78 is 9.70. The number of nitrogens with zero attached hydrogens (tertiary/aromatic N) is 5. The summed E-state index contributed by atoms with van der Waals surface area (Å²) in [6.07, 6.45) is 13.0. The fourth-order valence-corrected chi connectivity index (χ4v) is 4.15. The van der Waals surface area contributed by atoms with Gasteiger partial charge in [0.2, 0.25) is 0 Å². The molecule has 5 rings (SSSR count). The van der Waals surface area contributed by atoms with Crippen molar-refractivity contribution in [3.8, 4) is 11.4 Å². The van der Waals surface area contributed by atoms with Gasteiger partial charge in [-0.05, 0) is 62.3 Å². The molecule has 1 saturated carbocycles. The van der Waals surface area contributed by atoms with Crippen LogP contribution >= 0.6 is 0 Å². The molecule has 1 aromatic carbocycles. The van der Waals surface area contributed by atoms with Gasteiger partial charge < -0.3 is 9.30 Å². The van der Waals surface area contributed by atoms with Gasteiger partial charge in [0.1, 0.15) is 11.6 Å². The molecule has 144 valence electrons. The quantitative estimate of drug-likeness (QED) is 0.669. The molecule has 1 atom stereocenters. The molecular weight excluding hydrogens is 350 g/mol. The van der Waals surface area contributed by atoms with Gasteiger partial charge in [0, 0.05) is 18.7 Å². The molecule has 28 heavy (non-hydrogen) atoms. The van der Waals surface area contributed by atoms with E-state index in [0.717, 1.165) is 41.0 Å². The Morgan fingerprint density at radius 1 is 1.18 bits per heavy atom. The Morgan fingerprint density at radius 2 is 2.07 bits per heavy atom. The van der Waals surface area contributed by atoms with Crippen LogP contribution < -0.4 is 4.74 Å². The van der Waals surface area contributed by atoms with Gasteiger partial charge in [-0.2, -0.15) is 5.10 Å². The minimum atomic E-state index is 0.612. The fourth-order valence-electron chi connectivity index (χ4n) is 4.15. The molecule has 2 aromatic heterocycles. The molecule has 3 aromatic rings. The van der Waals surface area contributed by atoms with Gasteiger partial charge in [-0.25, -0.2) is 14.6 Å². The topological polar surface area (TPSA) is 57.8 Å². The van der Waals surface area contributed by atoms with Gasteiger partial charge in [-0.1, -0.05) is 12.1 Å². The first-order valence-corrected chi connectivity index (χ1v) is 10.0. The minimum absolute atomic E-state index is 0.612. The number of hydrogen-bond donors (Lipinski definition) is 0. The maximum Gasteiger partial charge on any atom is 0.174 e. The molecule has 0 bridgehead atoms. The van der Waals surface area contributed by atoms with Crippen LogP contribution in [0.25, 0.3) is 17.8 Å². The van der Waals surface area contributed by atoms with E-state index in [2.05, 4.69) is 21.8 Å². The van der Waals surface area contributed by atoms with Crippen LogP contribution in [0.5, 0.6) is 5.75 Å². The third kappa shape index (κ3) is 3.23. The van der Waals surface area contributed by atoms with Crippen molar-refractivity contribution in [2.45, 2.75) is 45.1 Å². The molecule has 6 heteroatoms. The summed E-state index contributed by atoms with van der Waals surface area (Å²) in [5.41, 5.74) is 3.01. The summed E-state index contributed by atoms with van der Waals surface area (Å²) in [7, 11) is 1.69. The number of benzene rings is 1. The Labute approximate surface area is 164 Å². The Morgan fingerprint density at radius 3 is 2.82 bits per heavy atom. The smallest absolute Gasteiger partial charge is 0.174 e. The highest BCUT2D eigenvalue weighted by Gasteiger charge is 2.37. The average molecular weight is 375 g/mol. The van der Waals surface area contributed by atoms with Crippen molar-refractivity contribution in [3.05, 3.63) is 53.6 Å². The molecule has 0 N–H and O–H groups in total. The van der Waals surface area contributed by atoms with Gasteiger partial charge in [0.25, 0.3) is 0 Å². The molecule has 0 saturated heterocycles. The molecule has 1 aliphatic carbocycles. The lowest BCUT2D eigenvalue weighted by Crippen LogP contribution is -2.18. The van der Waals surface area contributed by atoms with Crippen LogP contribution in [0.15, 0.2) is 30.7 Å². The van der Waals surface area contributed by atoms with E-state index in [9.17, 15) is 0 Å². The van der Waals surface area contributed by atoms with Gasteiger partial charge in [0.15, 0.2) is 5.82 Å². The average Bonchev–Trinajstić information content (AvgIpc) is 3.33. The van der Waals surface area contributed by atoms with Crippen LogP contribution in [0.2, 0.25) is 0 Å². The first-order chi connectivity index (χ1) is 13.7. The van der Waals surface area contributed by atoms with Crippen molar-refractivity contribution < 1.29 is 4.74 Å². The highest BCUT2D eigenvalue weighted by Crippen LogP contribution is 2.46. The van der Waals surface area contributed by atoms with E-state index in [1.807, 2.05) is 35.9 Å². The number of imidazole rings is 1. The third-order valence-corrected chi connectivity index (χ3v) is 5.74. The zero-order chi connectivity index (χ0) is 19.1. The second kappa shape index (κ2) is 6.93. The Balaban J connectivity index is 1.39. The van der Waals surface area contributed by atoms with E-state index in [1.54, 1.807) is 13.4 Å². The van der Waals surface area contributed by atoms with Crippen LogP contribution in [-0.4, -0.2) is 31.4 Å². The van der Waals surface area contributed by atoms with E-state index in [-0.39, 0.29) is 0 Å². The van der Waals surface area contributed by atoms with Crippen LogP contribution in [0, 0.1) is 12.8 Å². The zero-order valence-corrected chi connectivity index (χ0v) is 16.4. The van der Waals surface area contributed by atoms with Crippen molar-refractivity contribution >= 4 is 12.2 Å². The summed E-state index contributed by atoms with van der Waals surface area (Å²) in [6.45, 7) is 2.97. The first kappa shape index (κ1) is 17.2. The predicted octanol–water partition coefficient (Wildman–Crippen LogP) is 4.24. The number of hydrogen-bond acceptors (Lipinski definition) is 4. The van der Waals surface area contributed by atoms with E-state index in [0.29, 0.717) is 5.92 Å². The standard InChI is InChI=1S/C22H25N5O/c1-15-13-26(14-23-15)19-9-5-16(12-20(19)28-2)6-10-21-24-22-18(17-7-8-17)4-3-11-27(22)25-21/h5-6,9-10,12-14,17-18H,3-4,7-8,11H2,1-2H3/t18-/m1/s1. The van der Waals surface area contributed by atoms with Crippen molar-refractivity contribution in [2.75, 3.05) is 7.11 Å². The minimum Gasteiger partial charge on any atom is -0.495 e. The summed E-state index contributed by atoms with van der Waals surface area (Å²) in [5.74, 6) is 4.25. The number of aryl methyl sites for hydroxylation is 2. The fraction of sp³-hybridized carbons (Fsp3) is 0.409. The molecule has 0 spiro atoms. The number of aromatic nitrogens is 5. The Hall–Kier alpha value is -2.89. The normalized spacial score (nSPS) is 19.1. The Bertz CT molecular complexity index is 1030. The van der Waals surface area contributed by atoms with Gasteiger partial charge in [-0.3, -0.25) is 0 Å². The molecular formula is C22H25N5O. The summed E-state index contributed by atoms with van der Waals surface area (Å²) in [5, 5.41) is 4.71. The highest BCUT2D eigenvalue weighted by molar-refractivity contribution is 5.69. The number of methoxy groups -OCH3 is 1. The zero-order valence-electron chi connectivity index (χ0n) is 16.4. The van der Waals surface area contributed by atoms with Crippen molar-refractivity contribution in [1.82, 2.24) is 24.3 Å². The van der Waals surface area contributed by atoms with Crippen molar-refractivity contribution in [2.24, 2.45) is 5.92 Å². The lowest BCUT2D eigenvalue weighted by atomic mass is 9.94. The predicted molar refractivity (Wildman–Crippen MR) is 109 cm³/mol. The maximum absolute atomic E-state index is 5.60. The van der Waals surface area contributed by atoms with Crippen LogP contribution in [0.4, 0.5) is 0 Å². The van der Waals surface area contributed by atoms with Crippen LogP contribution in [-0.2, 0) is 6.54 Å². The van der Waals surface area contributed by atoms with Crippen molar-refractivity contribution in [1.29, 1.82) is 0 Å². The molecule has 1 fully saturated rings.